The van der Waals surface area contributed by atoms with Crippen LogP contribution in [0.5, 0.6) is 5.75 Å². The Labute approximate surface area is 159 Å². The molecule has 1 N–H and O–H groups in total. The molecular formula is C21H24N4O2. The maximum atomic E-state index is 12.4. The molecule has 0 aliphatic heterocycles. The van der Waals surface area contributed by atoms with Crippen molar-refractivity contribution in [1.29, 1.82) is 0 Å². The van der Waals surface area contributed by atoms with Crippen molar-refractivity contribution in [1.82, 2.24) is 15.0 Å². The molecule has 0 aliphatic rings. The number of carbonyl (C=O) groups is 1. The quantitative estimate of drug-likeness (QED) is 0.689. The van der Waals surface area contributed by atoms with Gasteiger partial charge in [-0.1, -0.05) is 37.3 Å². The van der Waals surface area contributed by atoms with Crippen LogP contribution in [0.1, 0.15) is 37.9 Å². The molecule has 3 aromatic rings. The summed E-state index contributed by atoms with van der Waals surface area (Å²) in [6.07, 6.45) is 2.07. The molecule has 3 rings (SSSR count). The minimum absolute atomic E-state index is 0.0704. The fourth-order valence-electron chi connectivity index (χ4n) is 2.81. The van der Waals surface area contributed by atoms with E-state index in [1.807, 2.05) is 55.5 Å². The van der Waals surface area contributed by atoms with Crippen LogP contribution in [-0.4, -0.2) is 27.5 Å². The second kappa shape index (κ2) is 8.49. The third-order valence-electron chi connectivity index (χ3n) is 4.14. The van der Waals surface area contributed by atoms with Gasteiger partial charge >= 0.3 is 0 Å². The maximum absolute atomic E-state index is 12.4. The summed E-state index contributed by atoms with van der Waals surface area (Å²) in [5.41, 5.74) is 3.56. The van der Waals surface area contributed by atoms with E-state index >= 15 is 0 Å². The van der Waals surface area contributed by atoms with Gasteiger partial charge in [-0.25, -0.2) is 4.68 Å². The van der Waals surface area contributed by atoms with E-state index in [4.69, 9.17) is 4.74 Å². The van der Waals surface area contributed by atoms with E-state index in [0.29, 0.717) is 18.9 Å². The van der Waals surface area contributed by atoms with Crippen molar-refractivity contribution in [3.05, 3.63) is 66.0 Å². The summed E-state index contributed by atoms with van der Waals surface area (Å²) in [7, 11) is 0. The van der Waals surface area contributed by atoms with Crippen molar-refractivity contribution in [2.75, 3.05) is 11.9 Å². The number of hydrogen-bond donors (Lipinski definition) is 1. The Kier molecular flexibility index (Phi) is 5.86. The molecule has 0 saturated heterocycles. The summed E-state index contributed by atoms with van der Waals surface area (Å²) in [5.74, 6) is 1.04. The highest BCUT2D eigenvalue weighted by Gasteiger charge is 2.11. The van der Waals surface area contributed by atoms with Crippen molar-refractivity contribution in [2.45, 2.75) is 33.1 Å². The molecule has 1 aromatic heterocycles. The number of hydrogen-bond acceptors (Lipinski definition) is 4. The van der Waals surface area contributed by atoms with E-state index in [9.17, 15) is 4.79 Å². The zero-order chi connectivity index (χ0) is 19.2. The van der Waals surface area contributed by atoms with Crippen LogP contribution in [0.3, 0.4) is 0 Å². The van der Waals surface area contributed by atoms with Gasteiger partial charge in [0, 0.05) is 5.69 Å². The summed E-state index contributed by atoms with van der Waals surface area (Å²) < 4.78 is 7.22. The van der Waals surface area contributed by atoms with Gasteiger partial charge in [-0.05, 0) is 48.7 Å². The lowest BCUT2D eigenvalue weighted by molar-refractivity contribution is -0.115. The molecule has 0 spiro atoms. The highest BCUT2D eigenvalue weighted by Crippen LogP contribution is 2.20. The van der Waals surface area contributed by atoms with Crippen LogP contribution in [0.2, 0.25) is 0 Å². The molecule has 6 heteroatoms. The fraction of sp³-hybridized carbons (Fsp3) is 0.286. The van der Waals surface area contributed by atoms with Gasteiger partial charge in [0.15, 0.2) is 0 Å². The van der Waals surface area contributed by atoms with Crippen LogP contribution in [0, 0.1) is 0 Å². The average Bonchev–Trinajstić information content (AvgIpc) is 3.14. The molecule has 0 atom stereocenters. The second-order valence-electron chi connectivity index (χ2n) is 6.58. The largest absolute Gasteiger partial charge is 0.494 e. The van der Waals surface area contributed by atoms with Gasteiger partial charge in [0.05, 0.1) is 30.6 Å². The zero-order valence-corrected chi connectivity index (χ0v) is 15.8. The fourth-order valence-corrected chi connectivity index (χ4v) is 2.81. The number of aromatic nitrogens is 3. The van der Waals surface area contributed by atoms with Crippen LogP contribution in [0.4, 0.5) is 5.69 Å². The summed E-state index contributed by atoms with van der Waals surface area (Å²) in [4.78, 5) is 12.4. The molecule has 0 aliphatic carbocycles. The average molecular weight is 364 g/mol. The Morgan fingerprint density at radius 2 is 1.96 bits per heavy atom. The number of ether oxygens (including phenoxy) is 1. The number of amides is 1. The predicted octanol–water partition coefficient (Wildman–Crippen LogP) is 3.97. The molecule has 0 fully saturated rings. The molecule has 1 heterocycles. The first-order valence-electron chi connectivity index (χ1n) is 9.09. The van der Waals surface area contributed by atoms with E-state index < -0.39 is 0 Å². The monoisotopic (exact) mass is 364 g/mol. The van der Waals surface area contributed by atoms with Crippen LogP contribution in [-0.2, 0) is 11.2 Å². The second-order valence-corrected chi connectivity index (χ2v) is 6.58. The highest BCUT2D eigenvalue weighted by atomic mass is 16.5. The van der Waals surface area contributed by atoms with E-state index in [2.05, 4.69) is 29.5 Å². The van der Waals surface area contributed by atoms with E-state index in [-0.39, 0.29) is 5.91 Å². The molecular weight excluding hydrogens is 340 g/mol. The third-order valence-corrected chi connectivity index (χ3v) is 4.14. The Bertz CT molecular complexity index is 901. The Morgan fingerprint density at radius 3 is 2.67 bits per heavy atom. The Hall–Kier alpha value is -3.15. The zero-order valence-electron chi connectivity index (χ0n) is 15.8. The number of anilines is 1. The van der Waals surface area contributed by atoms with Gasteiger partial charge in [-0.15, -0.1) is 5.10 Å². The first kappa shape index (κ1) is 18.6. The lowest BCUT2D eigenvalue weighted by Crippen LogP contribution is -2.14. The van der Waals surface area contributed by atoms with Crippen LogP contribution >= 0.6 is 0 Å². The lowest BCUT2D eigenvalue weighted by Gasteiger charge is -2.11. The smallest absolute Gasteiger partial charge is 0.228 e. The third kappa shape index (κ3) is 4.73. The van der Waals surface area contributed by atoms with Crippen molar-refractivity contribution in [3.63, 3.8) is 0 Å². The van der Waals surface area contributed by atoms with E-state index in [1.54, 1.807) is 10.9 Å². The van der Waals surface area contributed by atoms with Crippen molar-refractivity contribution >= 4 is 11.6 Å². The topological polar surface area (TPSA) is 69.0 Å². The van der Waals surface area contributed by atoms with Gasteiger partial charge in [0.25, 0.3) is 0 Å². The van der Waals surface area contributed by atoms with Gasteiger partial charge in [-0.3, -0.25) is 4.79 Å². The standard InChI is InChI=1S/C21H24N4O2/c1-4-27-19-10-8-16(9-11-19)12-21(26)23-17-6-5-7-18(13-17)25-20(15(2)3)14-22-24-25/h5-11,13-15H,4,12H2,1-3H3,(H,23,26). The SMILES string of the molecule is CCOc1ccc(CC(=O)Nc2cccc(-n3nncc3C(C)C)c2)cc1. The molecule has 0 unspecified atom stereocenters. The molecule has 1 amide bonds. The van der Waals surface area contributed by atoms with Crippen LogP contribution in [0.25, 0.3) is 5.69 Å². The summed E-state index contributed by atoms with van der Waals surface area (Å²) in [6.45, 7) is 6.76. The van der Waals surface area contributed by atoms with Crippen molar-refractivity contribution < 1.29 is 9.53 Å². The number of nitrogens with zero attached hydrogens (tertiary/aromatic N) is 3. The summed E-state index contributed by atoms with van der Waals surface area (Å²) >= 11 is 0. The Balaban J connectivity index is 1.68. The van der Waals surface area contributed by atoms with Crippen LogP contribution in [0.15, 0.2) is 54.7 Å². The summed E-state index contributed by atoms with van der Waals surface area (Å²) in [5, 5.41) is 11.1. The molecule has 27 heavy (non-hydrogen) atoms. The maximum Gasteiger partial charge on any atom is 0.228 e. The van der Waals surface area contributed by atoms with Crippen molar-refractivity contribution in [2.24, 2.45) is 0 Å². The van der Waals surface area contributed by atoms with E-state index in [0.717, 1.165) is 28.4 Å². The highest BCUT2D eigenvalue weighted by molar-refractivity contribution is 5.92. The predicted molar refractivity (Wildman–Crippen MR) is 105 cm³/mol. The molecule has 0 saturated carbocycles. The number of benzene rings is 2. The van der Waals surface area contributed by atoms with Gasteiger partial charge in [0.2, 0.25) is 5.91 Å². The first-order chi connectivity index (χ1) is 13.1. The minimum atomic E-state index is -0.0704. The van der Waals surface area contributed by atoms with Gasteiger partial charge in [0.1, 0.15) is 5.75 Å². The Morgan fingerprint density at radius 1 is 1.19 bits per heavy atom. The van der Waals surface area contributed by atoms with E-state index in [1.165, 1.54) is 0 Å². The number of carbonyl (C=O) groups excluding carboxylic acids is 1. The number of rotatable bonds is 7. The van der Waals surface area contributed by atoms with Crippen molar-refractivity contribution in [3.8, 4) is 11.4 Å². The summed E-state index contributed by atoms with van der Waals surface area (Å²) in [6, 6.07) is 15.2. The first-order valence-corrected chi connectivity index (χ1v) is 9.09. The number of nitrogens with one attached hydrogen (secondary N) is 1. The molecule has 0 radical (unpaired) electrons. The minimum Gasteiger partial charge on any atom is -0.494 e. The van der Waals surface area contributed by atoms with Gasteiger partial charge in [-0.2, -0.15) is 0 Å². The van der Waals surface area contributed by atoms with Crippen LogP contribution < -0.4 is 10.1 Å². The molecule has 2 aromatic carbocycles. The molecule has 140 valence electrons. The molecule has 6 nitrogen and oxygen atoms in total. The normalized spacial score (nSPS) is 10.8. The van der Waals surface area contributed by atoms with Gasteiger partial charge < -0.3 is 10.1 Å². The lowest BCUT2D eigenvalue weighted by atomic mass is 10.1. The molecule has 0 bridgehead atoms.